The van der Waals surface area contributed by atoms with Gasteiger partial charge in [-0.15, -0.1) is 0 Å². The van der Waals surface area contributed by atoms with Crippen LogP contribution in [0.4, 0.5) is 0 Å². The smallest absolute Gasteiger partial charge is 0.303 e. The van der Waals surface area contributed by atoms with E-state index in [1.54, 1.807) is 0 Å². The summed E-state index contributed by atoms with van der Waals surface area (Å²) in [6.07, 6.45) is 9.88. The lowest BCUT2D eigenvalue weighted by molar-refractivity contribution is -0.214. The number of ketones is 2. The highest BCUT2D eigenvalue weighted by Crippen LogP contribution is 2.72. The fourth-order valence-electron chi connectivity index (χ4n) is 9.67. The van der Waals surface area contributed by atoms with Crippen LogP contribution in [-0.4, -0.2) is 23.1 Å². The molecule has 0 aromatic rings. The molecule has 5 nitrogen and oxygen atoms in total. The van der Waals surface area contributed by atoms with Crippen LogP contribution in [0.2, 0.25) is 0 Å². The highest BCUT2D eigenvalue weighted by molar-refractivity contribution is 6.02. The molecule has 5 heteroatoms. The van der Waals surface area contributed by atoms with Gasteiger partial charge in [0.15, 0.2) is 11.6 Å². The van der Waals surface area contributed by atoms with Crippen LogP contribution in [0, 0.1) is 56.7 Å². The molecule has 5 rings (SSSR count). The van der Waals surface area contributed by atoms with Crippen molar-refractivity contribution < 1.29 is 19.1 Å². The predicted molar refractivity (Wildman–Crippen MR) is 136 cm³/mol. The van der Waals surface area contributed by atoms with E-state index in [2.05, 4.69) is 40.7 Å². The van der Waals surface area contributed by atoms with Crippen molar-refractivity contribution >= 4 is 17.5 Å². The number of Topliss-reactive ketones (excluding diaryl/α,β-unsaturated/α-hetero) is 1. The molecule has 8 atom stereocenters. The molecule has 0 amide bonds. The van der Waals surface area contributed by atoms with Crippen molar-refractivity contribution in [2.45, 2.75) is 99.0 Å². The number of rotatable bonds is 1. The predicted octanol–water partition coefficient (Wildman–Crippen LogP) is 6.13. The summed E-state index contributed by atoms with van der Waals surface area (Å²) < 4.78 is 6.15. The van der Waals surface area contributed by atoms with Crippen LogP contribution in [0.25, 0.3) is 0 Å². The van der Waals surface area contributed by atoms with Crippen LogP contribution in [0.5, 0.6) is 0 Å². The number of fused-ring (bicyclic) bond motifs is 7. The fraction of sp³-hybridized carbons (Fsp3) is 0.742. The van der Waals surface area contributed by atoms with Gasteiger partial charge in [-0.1, -0.05) is 53.2 Å². The maximum absolute atomic E-state index is 14.3. The van der Waals surface area contributed by atoms with E-state index in [0.29, 0.717) is 0 Å². The molecule has 3 fully saturated rings. The molecule has 3 saturated carbocycles. The van der Waals surface area contributed by atoms with Gasteiger partial charge in [0.1, 0.15) is 11.7 Å². The van der Waals surface area contributed by atoms with Crippen molar-refractivity contribution in [2.75, 3.05) is 0 Å². The lowest BCUT2D eigenvalue weighted by Gasteiger charge is -2.68. The molecular formula is C31H41NO4. The number of esters is 1. The quantitative estimate of drug-likeness (QED) is 0.412. The second kappa shape index (κ2) is 7.65. The summed E-state index contributed by atoms with van der Waals surface area (Å²) in [4.78, 5) is 39.4. The topological polar surface area (TPSA) is 84.2 Å². The minimum Gasteiger partial charge on any atom is -0.459 e. The second-order valence-electron chi connectivity index (χ2n) is 14.1. The summed E-state index contributed by atoms with van der Waals surface area (Å²) >= 11 is 0. The minimum absolute atomic E-state index is 0.00590. The van der Waals surface area contributed by atoms with Gasteiger partial charge >= 0.3 is 5.97 Å². The van der Waals surface area contributed by atoms with Gasteiger partial charge < -0.3 is 4.74 Å². The molecule has 0 spiro atoms. The number of carbonyl (C=O) groups is 3. The number of ether oxygens (including phenoxy) is 1. The van der Waals surface area contributed by atoms with Crippen molar-refractivity contribution in [1.29, 1.82) is 5.26 Å². The van der Waals surface area contributed by atoms with E-state index in [-0.39, 0.29) is 63.0 Å². The average molecular weight is 492 g/mol. The zero-order valence-corrected chi connectivity index (χ0v) is 23.0. The zero-order chi connectivity index (χ0) is 26.5. The molecule has 194 valence electrons. The molecule has 36 heavy (non-hydrogen) atoms. The molecule has 0 bridgehead atoms. The number of hydrogen-bond donors (Lipinski definition) is 0. The fourth-order valence-corrected chi connectivity index (χ4v) is 9.67. The summed E-state index contributed by atoms with van der Waals surface area (Å²) in [6.45, 7) is 14.8. The first-order valence-corrected chi connectivity index (χ1v) is 13.8. The lowest BCUT2D eigenvalue weighted by Crippen LogP contribution is -2.66. The van der Waals surface area contributed by atoms with E-state index in [0.717, 1.165) is 50.5 Å². The van der Waals surface area contributed by atoms with E-state index in [1.165, 1.54) is 6.92 Å². The van der Waals surface area contributed by atoms with Gasteiger partial charge in [-0.25, -0.2) is 0 Å². The third-order valence-electron chi connectivity index (χ3n) is 11.8. The molecule has 3 unspecified atom stereocenters. The summed E-state index contributed by atoms with van der Waals surface area (Å²) in [6, 6.07) is 2.15. The lowest BCUT2D eigenvalue weighted by atomic mass is 9.36. The maximum Gasteiger partial charge on any atom is 0.303 e. The second-order valence-corrected chi connectivity index (χ2v) is 14.1. The number of hydrogen-bond acceptors (Lipinski definition) is 5. The van der Waals surface area contributed by atoms with Crippen LogP contribution < -0.4 is 0 Å². The Morgan fingerprint density at radius 3 is 2.33 bits per heavy atom. The van der Waals surface area contributed by atoms with Crippen LogP contribution in [0.1, 0.15) is 93.4 Å². The Morgan fingerprint density at radius 2 is 1.69 bits per heavy atom. The Morgan fingerprint density at radius 1 is 1.03 bits per heavy atom. The zero-order valence-electron chi connectivity index (χ0n) is 23.0. The molecular weight excluding hydrogens is 450 g/mol. The third kappa shape index (κ3) is 3.15. The standard InChI is InChI=1S/C31H41NO4/c1-18-21-8-9-29(6)24(28(21,5)15-20(17-32)26(18)35)14-23(34)25-22-16-27(3,4)10-12-31(22,36-19(2)33)13-11-30(25,29)7/h14-15,18,21-22,25H,8-13,16H2,1-7H3/t18-,21?,22?,25?,28-,29+,30+,31-/m0/s1. The number of nitriles is 1. The first kappa shape index (κ1) is 25.4. The van der Waals surface area contributed by atoms with E-state index >= 15 is 0 Å². The maximum atomic E-state index is 14.3. The van der Waals surface area contributed by atoms with Crippen molar-refractivity contribution in [3.63, 3.8) is 0 Å². The van der Waals surface area contributed by atoms with E-state index in [9.17, 15) is 19.6 Å². The molecule has 0 saturated heterocycles. The van der Waals surface area contributed by atoms with Crippen LogP contribution in [0.3, 0.4) is 0 Å². The normalized spacial score (nSPS) is 47.2. The molecule has 0 N–H and O–H groups in total. The third-order valence-corrected chi connectivity index (χ3v) is 11.8. The van der Waals surface area contributed by atoms with E-state index < -0.39 is 11.0 Å². The van der Waals surface area contributed by atoms with Crippen LogP contribution in [0.15, 0.2) is 23.3 Å². The first-order chi connectivity index (χ1) is 16.6. The monoisotopic (exact) mass is 491 g/mol. The van der Waals surface area contributed by atoms with E-state index in [1.807, 2.05) is 19.1 Å². The molecule has 0 aromatic carbocycles. The Balaban J connectivity index is 1.68. The van der Waals surface area contributed by atoms with Crippen LogP contribution >= 0.6 is 0 Å². The molecule has 5 aliphatic carbocycles. The Labute approximate surface area is 215 Å². The SMILES string of the molecule is CC(=O)O[C@]12CCC(C)(C)CC1C1C(=O)C=C3[C@@]4(C)C=C(C#N)C(=O)[C@@H](C)C4CC[C@@]3(C)[C@]1(C)CC2. The van der Waals surface area contributed by atoms with Crippen LogP contribution in [-0.2, 0) is 19.1 Å². The Hall–Kier alpha value is -2.22. The summed E-state index contributed by atoms with van der Waals surface area (Å²) in [5.74, 6) is -0.535. The molecule has 0 heterocycles. The minimum atomic E-state index is -0.566. The summed E-state index contributed by atoms with van der Waals surface area (Å²) in [5, 5.41) is 9.75. The molecule has 0 radical (unpaired) electrons. The van der Waals surface area contributed by atoms with Gasteiger partial charge in [-0.2, -0.15) is 5.26 Å². The van der Waals surface area contributed by atoms with Crippen molar-refractivity contribution in [2.24, 2.45) is 45.3 Å². The van der Waals surface area contributed by atoms with Crippen molar-refractivity contribution in [1.82, 2.24) is 0 Å². The Kier molecular flexibility index (Phi) is 5.40. The van der Waals surface area contributed by atoms with Crippen molar-refractivity contribution in [3.05, 3.63) is 23.3 Å². The largest absolute Gasteiger partial charge is 0.459 e. The van der Waals surface area contributed by atoms with Gasteiger partial charge in [-0.05, 0) is 73.2 Å². The van der Waals surface area contributed by atoms with Gasteiger partial charge in [0.2, 0.25) is 0 Å². The molecule has 0 aromatic heterocycles. The van der Waals surface area contributed by atoms with Gasteiger partial charge in [0.05, 0.1) is 5.57 Å². The number of nitrogens with zero attached hydrogens (tertiary/aromatic N) is 1. The van der Waals surface area contributed by atoms with Gasteiger partial charge in [0.25, 0.3) is 0 Å². The number of carbonyl (C=O) groups excluding carboxylic acids is 3. The van der Waals surface area contributed by atoms with E-state index in [4.69, 9.17) is 4.74 Å². The average Bonchev–Trinajstić information content (AvgIpc) is 2.78. The summed E-state index contributed by atoms with van der Waals surface area (Å²) in [7, 11) is 0. The van der Waals surface area contributed by atoms with Gasteiger partial charge in [0, 0.05) is 30.1 Å². The Bertz CT molecular complexity index is 1160. The molecule has 5 aliphatic rings. The highest BCUT2D eigenvalue weighted by Gasteiger charge is 2.69. The van der Waals surface area contributed by atoms with Gasteiger partial charge in [-0.3, -0.25) is 14.4 Å². The first-order valence-electron chi connectivity index (χ1n) is 13.8. The number of allylic oxidation sites excluding steroid dienone is 4. The molecule has 0 aliphatic heterocycles. The summed E-state index contributed by atoms with van der Waals surface area (Å²) in [5.41, 5.74) is -0.151. The highest BCUT2D eigenvalue weighted by atomic mass is 16.6. The van der Waals surface area contributed by atoms with Crippen molar-refractivity contribution in [3.8, 4) is 6.07 Å².